The van der Waals surface area contributed by atoms with Crippen LogP contribution in [0.4, 0.5) is 0 Å². The van der Waals surface area contributed by atoms with Crippen LogP contribution >= 0.6 is 11.6 Å². The SMILES string of the molecule is Clc1ccc2c(c1)[C@@H]1CCN[C@H]2C1. The molecule has 1 aliphatic carbocycles. The second-order valence-electron chi connectivity index (χ2n) is 4.00. The fraction of sp³-hybridized carbons (Fsp3) is 0.455. The van der Waals surface area contributed by atoms with E-state index in [9.17, 15) is 0 Å². The van der Waals surface area contributed by atoms with Crippen LogP contribution < -0.4 is 5.32 Å². The molecule has 2 atom stereocenters. The fourth-order valence-corrected chi connectivity index (χ4v) is 2.83. The highest BCUT2D eigenvalue weighted by molar-refractivity contribution is 6.30. The van der Waals surface area contributed by atoms with Crippen molar-refractivity contribution in [2.45, 2.75) is 24.8 Å². The Morgan fingerprint density at radius 2 is 2.23 bits per heavy atom. The van der Waals surface area contributed by atoms with Crippen LogP contribution in [0, 0.1) is 0 Å². The van der Waals surface area contributed by atoms with Gasteiger partial charge in [-0.2, -0.15) is 0 Å². The summed E-state index contributed by atoms with van der Waals surface area (Å²) >= 11 is 5.99. The quantitative estimate of drug-likeness (QED) is 0.668. The van der Waals surface area contributed by atoms with Crippen molar-refractivity contribution in [2.75, 3.05) is 6.54 Å². The number of halogens is 1. The molecule has 2 heteroatoms. The predicted molar refractivity (Wildman–Crippen MR) is 54.2 cm³/mol. The van der Waals surface area contributed by atoms with Crippen molar-refractivity contribution in [1.82, 2.24) is 5.32 Å². The van der Waals surface area contributed by atoms with Crippen LogP contribution in [0.3, 0.4) is 0 Å². The first kappa shape index (κ1) is 7.84. The summed E-state index contributed by atoms with van der Waals surface area (Å²) in [5.74, 6) is 0.764. The van der Waals surface area contributed by atoms with Gasteiger partial charge in [0.05, 0.1) is 0 Å². The van der Waals surface area contributed by atoms with Gasteiger partial charge in [0.1, 0.15) is 0 Å². The predicted octanol–water partition coefficient (Wildman–Crippen LogP) is 2.86. The van der Waals surface area contributed by atoms with E-state index in [0.29, 0.717) is 6.04 Å². The van der Waals surface area contributed by atoms with E-state index in [-0.39, 0.29) is 0 Å². The average Bonchev–Trinajstić information content (AvgIpc) is 2.39. The van der Waals surface area contributed by atoms with Gasteiger partial charge in [0, 0.05) is 11.1 Å². The highest BCUT2D eigenvalue weighted by Crippen LogP contribution is 2.45. The lowest BCUT2D eigenvalue weighted by Gasteiger charge is -2.20. The van der Waals surface area contributed by atoms with Gasteiger partial charge in [0.15, 0.2) is 0 Å². The molecule has 0 aromatic heterocycles. The molecule has 1 fully saturated rings. The van der Waals surface area contributed by atoms with E-state index in [2.05, 4.69) is 17.4 Å². The molecule has 2 bridgehead atoms. The normalized spacial score (nSPS) is 30.2. The lowest BCUT2D eigenvalue weighted by atomic mass is 9.97. The Kier molecular flexibility index (Phi) is 1.64. The van der Waals surface area contributed by atoms with Crippen molar-refractivity contribution in [1.29, 1.82) is 0 Å². The van der Waals surface area contributed by atoms with Crippen LogP contribution in [-0.2, 0) is 0 Å². The first-order chi connectivity index (χ1) is 6.34. The van der Waals surface area contributed by atoms with E-state index in [0.717, 1.165) is 17.5 Å². The van der Waals surface area contributed by atoms with Crippen LogP contribution in [0.15, 0.2) is 18.2 Å². The summed E-state index contributed by atoms with van der Waals surface area (Å²) < 4.78 is 0. The Balaban J connectivity index is 2.15. The van der Waals surface area contributed by atoms with Crippen LogP contribution in [0.1, 0.15) is 35.9 Å². The second-order valence-corrected chi connectivity index (χ2v) is 4.44. The zero-order valence-corrected chi connectivity index (χ0v) is 8.14. The van der Waals surface area contributed by atoms with Crippen molar-refractivity contribution in [3.8, 4) is 0 Å². The lowest BCUT2D eigenvalue weighted by Crippen LogP contribution is -2.24. The summed E-state index contributed by atoms with van der Waals surface area (Å²) in [5.41, 5.74) is 2.97. The van der Waals surface area contributed by atoms with Gasteiger partial charge in [0.2, 0.25) is 0 Å². The molecule has 1 aliphatic heterocycles. The first-order valence-corrected chi connectivity index (χ1v) is 5.25. The van der Waals surface area contributed by atoms with Crippen molar-refractivity contribution >= 4 is 11.6 Å². The Bertz CT molecular complexity index is 348. The van der Waals surface area contributed by atoms with E-state index < -0.39 is 0 Å². The summed E-state index contributed by atoms with van der Waals surface area (Å²) in [6, 6.07) is 6.93. The van der Waals surface area contributed by atoms with E-state index >= 15 is 0 Å². The van der Waals surface area contributed by atoms with Gasteiger partial charge >= 0.3 is 0 Å². The van der Waals surface area contributed by atoms with Gasteiger partial charge < -0.3 is 5.32 Å². The number of nitrogens with one attached hydrogen (secondary N) is 1. The molecule has 0 radical (unpaired) electrons. The van der Waals surface area contributed by atoms with Gasteiger partial charge in [-0.15, -0.1) is 0 Å². The number of benzene rings is 1. The molecule has 13 heavy (non-hydrogen) atoms. The van der Waals surface area contributed by atoms with Gasteiger partial charge in [0.25, 0.3) is 0 Å². The number of piperidine rings is 1. The van der Waals surface area contributed by atoms with Crippen LogP contribution in [-0.4, -0.2) is 6.54 Å². The van der Waals surface area contributed by atoms with Crippen LogP contribution in [0.2, 0.25) is 5.02 Å². The summed E-state index contributed by atoms with van der Waals surface area (Å²) in [5, 5.41) is 4.42. The van der Waals surface area contributed by atoms with Crippen LogP contribution in [0.5, 0.6) is 0 Å². The molecule has 0 amide bonds. The van der Waals surface area contributed by atoms with Gasteiger partial charge in [-0.3, -0.25) is 0 Å². The Morgan fingerprint density at radius 3 is 3.15 bits per heavy atom. The molecule has 68 valence electrons. The van der Waals surface area contributed by atoms with Gasteiger partial charge in [-0.05, 0) is 48.6 Å². The molecule has 0 saturated carbocycles. The minimum absolute atomic E-state index is 0.603. The fourth-order valence-electron chi connectivity index (χ4n) is 2.65. The lowest BCUT2D eigenvalue weighted by molar-refractivity contribution is 0.410. The van der Waals surface area contributed by atoms with Gasteiger partial charge in [-0.25, -0.2) is 0 Å². The number of hydrogen-bond acceptors (Lipinski definition) is 1. The van der Waals surface area contributed by atoms with E-state index in [1.165, 1.54) is 24.0 Å². The number of rotatable bonds is 0. The molecular formula is C11H12ClN. The summed E-state index contributed by atoms with van der Waals surface area (Å²) in [4.78, 5) is 0. The molecule has 1 heterocycles. The van der Waals surface area contributed by atoms with Gasteiger partial charge in [-0.1, -0.05) is 17.7 Å². The van der Waals surface area contributed by atoms with E-state index in [4.69, 9.17) is 11.6 Å². The Morgan fingerprint density at radius 1 is 1.31 bits per heavy atom. The van der Waals surface area contributed by atoms with E-state index in [1.807, 2.05) is 6.07 Å². The molecule has 1 aromatic rings. The van der Waals surface area contributed by atoms with E-state index in [1.54, 1.807) is 0 Å². The highest BCUT2D eigenvalue weighted by atomic mass is 35.5. The standard InChI is InChI=1S/C11H12ClN/c12-8-1-2-9-10(6-8)7-3-4-13-11(9)5-7/h1-2,6-7,11,13H,3-5H2/t7-,11+/m1/s1. The maximum atomic E-state index is 5.99. The monoisotopic (exact) mass is 193 g/mol. The second kappa shape index (κ2) is 2.73. The average molecular weight is 194 g/mol. The van der Waals surface area contributed by atoms with Crippen molar-refractivity contribution < 1.29 is 0 Å². The maximum Gasteiger partial charge on any atom is 0.0409 e. The molecule has 0 spiro atoms. The number of hydrogen-bond donors (Lipinski definition) is 1. The number of fused-ring (bicyclic) bond motifs is 5. The molecule has 1 N–H and O–H groups in total. The zero-order chi connectivity index (χ0) is 8.84. The molecule has 0 unspecified atom stereocenters. The molecule has 1 aromatic carbocycles. The topological polar surface area (TPSA) is 12.0 Å². The Hall–Kier alpha value is -0.530. The molecule has 3 rings (SSSR count). The summed E-state index contributed by atoms with van der Waals surface area (Å²) in [6.07, 6.45) is 2.54. The van der Waals surface area contributed by atoms with Crippen molar-refractivity contribution in [2.24, 2.45) is 0 Å². The maximum absolute atomic E-state index is 5.99. The Labute approximate surface area is 83.1 Å². The first-order valence-electron chi connectivity index (χ1n) is 4.87. The third-order valence-corrected chi connectivity index (χ3v) is 3.50. The molecule has 1 nitrogen and oxygen atoms in total. The molecule has 2 aliphatic rings. The minimum Gasteiger partial charge on any atom is -0.310 e. The summed E-state index contributed by atoms with van der Waals surface area (Å²) in [6.45, 7) is 1.15. The van der Waals surface area contributed by atoms with Crippen molar-refractivity contribution in [3.63, 3.8) is 0 Å². The van der Waals surface area contributed by atoms with Crippen LogP contribution in [0.25, 0.3) is 0 Å². The summed E-state index contributed by atoms with van der Waals surface area (Å²) in [7, 11) is 0. The third-order valence-electron chi connectivity index (χ3n) is 3.27. The van der Waals surface area contributed by atoms with Crippen molar-refractivity contribution in [3.05, 3.63) is 34.3 Å². The molecule has 1 saturated heterocycles. The minimum atomic E-state index is 0.603. The largest absolute Gasteiger partial charge is 0.310 e. The molecular weight excluding hydrogens is 182 g/mol. The third kappa shape index (κ3) is 1.11. The zero-order valence-electron chi connectivity index (χ0n) is 7.39. The highest BCUT2D eigenvalue weighted by Gasteiger charge is 2.33. The smallest absolute Gasteiger partial charge is 0.0409 e.